The second kappa shape index (κ2) is 10.2. The molecule has 0 spiro atoms. The van der Waals surface area contributed by atoms with Crippen molar-refractivity contribution in [1.29, 1.82) is 0 Å². The number of hydrogen-bond donors (Lipinski definition) is 2. The maximum absolute atomic E-state index is 16.6. The second-order valence-corrected chi connectivity index (χ2v) is 10.9. The van der Waals surface area contributed by atoms with Crippen LogP contribution in [0.3, 0.4) is 0 Å². The molecule has 0 aliphatic carbocycles. The minimum Gasteiger partial charge on any atom is -0.508 e. The van der Waals surface area contributed by atoms with Crippen LogP contribution in [0.4, 0.5) is 10.2 Å². The number of benzene rings is 3. The van der Waals surface area contributed by atoms with E-state index >= 15 is 4.39 Å². The van der Waals surface area contributed by atoms with E-state index in [-0.39, 0.29) is 33.9 Å². The number of nitrogens with one attached hydrogen (secondary N) is 1. The Hall–Kier alpha value is -3.20. The molecule has 7 rings (SSSR count). The van der Waals surface area contributed by atoms with Gasteiger partial charge in [0.1, 0.15) is 23.7 Å². The number of anilines is 1. The van der Waals surface area contributed by atoms with Crippen molar-refractivity contribution in [2.75, 3.05) is 45.2 Å². The van der Waals surface area contributed by atoms with Gasteiger partial charge in [-0.25, -0.2) is 4.39 Å². The zero-order valence-corrected chi connectivity index (χ0v) is 22.3. The van der Waals surface area contributed by atoms with Gasteiger partial charge in [0.2, 0.25) is 0 Å². The topological polar surface area (TPSA) is 73.8 Å². The predicted octanol–water partition coefficient (Wildman–Crippen LogP) is 5.22. The van der Waals surface area contributed by atoms with Gasteiger partial charge in [-0.2, -0.15) is 9.97 Å². The molecule has 2 bridgehead atoms. The first kappa shape index (κ1) is 25.1. The molecule has 4 aromatic rings. The van der Waals surface area contributed by atoms with Crippen LogP contribution in [0.5, 0.6) is 11.8 Å². The standard InChI is InChI=1S/C29H31ClFN5O2/c1-35(2)10-11-38-29-33-27-23(28(34-29)36-16-18-7-5-8-19(36)15-32-18)14-24(30)25(26(27)31)22-13-20(37)12-17-6-3-4-9-21(17)22/h3-4,6,9,12-14,18-19,32,37H,5,7-8,10-11,15-16H2,1-2H3. The highest BCUT2D eigenvalue weighted by Gasteiger charge is 2.34. The first-order chi connectivity index (χ1) is 18.4. The van der Waals surface area contributed by atoms with Crippen molar-refractivity contribution in [3.05, 3.63) is 53.3 Å². The van der Waals surface area contributed by atoms with Gasteiger partial charge in [-0.3, -0.25) is 0 Å². The molecule has 9 heteroatoms. The SMILES string of the molecule is CN(C)CCOc1nc(N2CC3CCCC2CN3)c2cc(Cl)c(-c3cc(O)cc4ccccc34)c(F)c2n1. The van der Waals surface area contributed by atoms with E-state index in [0.717, 1.165) is 43.1 Å². The third kappa shape index (κ3) is 4.61. The van der Waals surface area contributed by atoms with E-state index in [4.69, 9.17) is 21.3 Å². The normalized spacial score (nSPS) is 19.4. The summed E-state index contributed by atoms with van der Waals surface area (Å²) in [6, 6.07) is 13.3. The molecule has 3 aliphatic rings. The first-order valence-corrected chi connectivity index (χ1v) is 13.5. The Morgan fingerprint density at radius 3 is 2.84 bits per heavy atom. The molecule has 4 heterocycles. The Kier molecular flexibility index (Phi) is 6.72. The maximum Gasteiger partial charge on any atom is 0.319 e. The van der Waals surface area contributed by atoms with E-state index in [0.29, 0.717) is 36.0 Å². The number of aromatic hydroxyl groups is 1. The molecule has 2 atom stereocenters. The average Bonchev–Trinajstić information content (AvgIpc) is 3.24. The zero-order chi connectivity index (χ0) is 26.4. The molecular formula is C29H31ClFN5O2. The van der Waals surface area contributed by atoms with E-state index in [2.05, 4.69) is 15.2 Å². The molecule has 38 heavy (non-hydrogen) atoms. The number of hydrogen-bond acceptors (Lipinski definition) is 7. The number of phenols is 1. The molecule has 0 saturated carbocycles. The molecule has 2 N–H and O–H groups in total. The van der Waals surface area contributed by atoms with Gasteiger partial charge in [0.25, 0.3) is 0 Å². The van der Waals surface area contributed by atoms with Gasteiger partial charge in [0.15, 0.2) is 5.82 Å². The summed E-state index contributed by atoms with van der Waals surface area (Å²) < 4.78 is 22.5. The van der Waals surface area contributed by atoms with Crippen LogP contribution in [0.25, 0.3) is 32.8 Å². The lowest BCUT2D eigenvalue weighted by Crippen LogP contribution is -2.54. The van der Waals surface area contributed by atoms with Crippen molar-refractivity contribution >= 4 is 39.1 Å². The second-order valence-electron chi connectivity index (χ2n) is 10.5. The minimum absolute atomic E-state index is 0.0402. The van der Waals surface area contributed by atoms with E-state index in [1.165, 1.54) is 0 Å². The van der Waals surface area contributed by atoms with E-state index in [9.17, 15) is 5.11 Å². The molecular weight excluding hydrogens is 505 g/mol. The fourth-order valence-electron chi connectivity index (χ4n) is 5.69. The fraction of sp³-hybridized carbons (Fsp3) is 0.379. The summed E-state index contributed by atoms with van der Waals surface area (Å²) in [6.07, 6.45) is 3.28. The Morgan fingerprint density at radius 1 is 1.16 bits per heavy atom. The third-order valence-electron chi connectivity index (χ3n) is 7.59. The van der Waals surface area contributed by atoms with E-state index in [1.54, 1.807) is 18.2 Å². The van der Waals surface area contributed by atoms with Crippen molar-refractivity contribution in [2.24, 2.45) is 0 Å². The van der Waals surface area contributed by atoms with Crippen molar-refractivity contribution in [1.82, 2.24) is 20.2 Å². The van der Waals surface area contributed by atoms with Crippen molar-refractivity contribution < 1.29 is 14.2 Å². The summed E-state index contributed by atoms with van der Waals surface area (Å²) in [6.45, 7) is 2.70. The Balaban J connectivity index is 1.56. The highest BCUT2D eigenvalue weighted by molar-refractivity contribution is 6.35. The quantitative estimate of drug-likeness (QED) is 0.351. The maximum atomic E-state index is 16.6. The Bertz CT molecular complexity index is 1510. The largest absolute Gasteiger partial charge is 0.508 e. The van der Waals surface area contributed by atoms with Gasteiger partial charge in [-0.05, 0) is 67.9 Å². The van der Waals surface area contributed by atoms with Crippen molar-refractivity contribution in [3.8, 4) is 22.9 Å². The first-order valence-electron chi connectivity index (χ1n) is 13.1. The predicted molar refractivity (Wildman–Crippen MR) is 150 cm³/mol. The van der Waals surface area contributed by atoms with Crippen LogP contribution in [-0.4, -0.2) is 72.4 Å². The zero-order valence-electron chi connectivity index (χ0n) is 21.5. The Labute approximate surface area is 226 Å². The van der Waals surface area contributed by atoms with Crippen LogP contribution in [0, 0.1) is 5.82 Å². The molecule has 1 aromatic heterocycles. The highest BCUT2D eigenvalue weighted by Crippen LogP contribution is 2.43. The molecule has 3 fully saturated rings. The third-order valence-corrected chi connectivity index (χ3v) is 7.89. The highest BCUT2D eigenvalue weighted by atomic mass is 35.5. The summed E-state index contributed by atoms with van der Waals surface area (Å²) in [7, 11) is 3.93. The molecule has 0 radical (unpaired) electrons. The van der Waals surface area contributed by atoms with Crippen LogP contribution < -0.4 is 15.0 Å². The summed E-state index contributed by atoms with van der Waals surface area (Å²) in [4.78, 5) is 13.6. The monoisotopic (exact) mass is 535 g/mol. The number of phenolic OH excluding ortho intramolecular Hbond substituents is 1. The molecule has 198 valence electrons. The molecule has 3 saturated heterocycles. The summed E-state index contributed by atoms with van der Waals surface area (Å²) in [5.74, 6) is 0.141. The summed E-state index contributed by atoms with van der Waals surface area (Å²) in [5, 5.41) is 16.4. The van der Waals surface area contributed by atoms with Crippen LogP contribution in [0.1, 0.15) is 19.3 Å². The van der Waals surface area contributed by atoms with Crippen LogP contribution in [-0.2, 0) is 0 Å². The summed E-state index contributed by atoms with van der Waals surface area (Å²) >= 11 is 6.83. The van der Waals surface area contributed by atoms with Crippen LogP contribution in [0.15, 0.2) is 42.5 Å². The van der Waals surface area contributed by atoms with Gasteiger partial charge in [-0.15, -0.1) is 0 Å². The summed E-state index contributed by atoms with van der Waals surface area (Å²) in [5.41, 5.74) is 0.877. The molecule has 2 unspecified atom stereocenters. The van der Waals surface area contributed by atoms with Gasteiger partial charge in [0, 0.05) is 42.7 Å². The molecule has 0 amide bonds. The lowest BCUT2D eigenvalue weighted by atomic mass is 9.96. The smallest absolute Gasteiger partial charge is 0.319 e. The van der Waals surface area contributed by atoms with Crippen LogP contribution in [0.2, 0.25) is 5.02 Å². The number of nitrogens with zero attached hydrogens (tertiary/aromatic N) is 4. The molecule has 3 aliphatic heterocycles. The minimum atomic E-state index is -0.553. The van der Waals surface area contributed by atoms with Gasteiger partial charge < -0.3 is 25.0 Å². The lowest BCUT2D eigenvalue weighted by molar-refractivity contribution is 0.246. The molecule has 3 aromatic carbocycles. The Morgan fingerprint density at radius 2 is 2.00 bits per heavy atom. The lowest BCUT2D eigenvalue weighted by Gasteiger charge is -2.38. The van der Waals surface area contributed by atoms with Gasteiger partial charge >= 0.3 is 6.01 Å². The van der Waals surface area contributed by atoms with Crippen LogP contribution >= 0.6 is 11.6 Å². The number of halogens is 2. The number of aromatic nitrogens is 2. The molecule has 7 nitrogen and oxygen atoms in total. The number of piperazine rings is 1. The van der Waals surface area contributed by atoms with Crippen molar-refractivity contribution in [3.63, 3.8) is 0 Å². The van der Waals surface area contributed by atoms with E-state index < -0.39 is 5.82 Å². The van der Waals surface area contributed by atoms with E-state index in [1.807, 2.05) is 43.3 Å². The van der Waals surface area contributed by atoms with Gasteiger partial charge in [0.05, 0.1) is 5.02 Å². The van der Waals surface area contributed by atoms with Crippen molar-refractivity contribution in [2.45, 2.75) is 31.3 Å². The fourth-order valence-corrected chi connectivity index (χ4v) is 5.98. The van der Waals surface area contributed by atoms with Gasteiger partial charge in [-0.1, -0.05) is 35.9 Å². The number of likely N-dealkylation sites (N-methyl/N-ethyl adjacent to an activating group) is 1. The number of fused-ring (bicyclic) bond motifs is 6. The average molecular weight is 536 g/mol. The number of rotatable bonds is 6. The number of ether oxygens (including phenoxy) is 1.